The molecule has 1 aromatic rings. The highest BCUT2D eigenvalue weighted by atomic mass is 32.2. The molecule has 1 fully saturated rings. The predicted octanol–water partition coefficient (Wildman–Crippen LogP) is 1.50. The maximum absolute atomic E-state index is 12.3. The minimum Gasteiger partial charge on any atom is -0.465 e. The molecule has 0 radical (unpaired) electrons. The van der Waals surface area contributed by atoms with Crippen LogP contribution in [0.15, 0.2) is 24.3 Å². The first-order chi connectivity index (χ1) is 13.6. The van der Waals surface area contributed by atoms with Crippen molar-refractivity contribution < 1.29 is 32.6 Å². The third-order valence-corrected chi connectivity index (χ3v) is 6.64. The number of aliphatic hydroxyl groups is 1. The van der Waals surface area contributed by atoms with Crippen LogP contribution in [0.25, 0.3) is 0 Å². The Labute approximate surface area is 170 Å². The van der Waals surface area contributed by atoms with E-state index in [0.29, 0.717) is 12.1 Å². The smallest absolute Gasteiger partial charge is 0.414 e. The average molecular weight is 423 g/mol. The minimum absolute atomic E-state index is 0.00963. The number of aliphatic hydroxyl groups excluding tert-OH is 1. The fourth-order valence-corrected chi connectivity index (χ4v) is 3.74. The lowest BCUT2D eigenvalue weighted by Gasteiger charge is -2.27. The zero-order valence-electron chi connectivity index (χ0n) is 16.7. The summed E-state index contributed by atoms with van der Waals surface area (Å²) in [4.78, 5) is 26.0. The topological polar surface area (TPSA) is 110 Å². The van der Waals surface area contributed by atoms with Crippen LogP contribution in [0.1, 0.15) is 32.3 Å². The van der Waals surface area contributed by atoms with Crippen molar-refractivity contribution in [2.45, 2.75) is 37.5 Å². The molecule has 2 atom stereocenters. The number of ether oxygens (including phenoxy) is 2. The van der Waals surface area contributed by atoms with Crippen LogP contribution < -0.4 is 4.90 Å². The standard InChI is InChI=1S/C20H25NO7S/c1-4-27-18(23)20(2,29(3,25)26)13-17-14-21(19(24)28-17)16-10-8-15(9-11-16)7-5-6-12-22/h8-11,17,22H,4,6,12-14H2,1-3H3/t17-,20+/m0/s1. The predicted molar refractivity (Wildman–Crippen MR) is 107 cm³/mol. The molecular weight excluding hydrogens is 398 g/mol. The Kier molecular flexibility index (Phi) is 7.27. The Balaban J connectivity index is 2.15. The van der Waals surface area contributed by atoms with Gasteiger partial charge in [0, 0.05) is 30.3 Å². The monoisotopic (exact) mass is 423 g/mol. The van der Waals surface area contributed by atoms with Crippen LogP contribution in [-0.4, -0.2) is 62.5 Å². The van der Waals surface area contributed by atoms with E-state index in [2.05, 4.69) is 11.8 Å². The van der Waals surface area contributed by atoms with E-state index >= 15 is 0 Å². The number of esters is 1. The van der Waals surface area contributed by atoms with E-state index in [-0.39, 0.29) is 26.2 Å². The maximum atomic E-state index is 12.3. The Morgan fingerprint density at radius 3 is 2.59 bits per heavy atom. The van der Waals surface area contributed by atoms with Crippen LogP contribution >= 0.6 is 0 Å². The number of nitrogens with zero attached hydrogens (tertiary/aromatic N) is 1. The van der Waals surface area contributed by atoms with Gasteiger partial charge in [-0.2, -0.15) is 0 Å². The number of amides is 1. The van der Waals surface area contributed by atoms with Gasteiger partial charge in [-0.25, -0.2) is 13.2 Å². The van der Waals surface area contributed by atoms with Crippen molar-refractivity contribution in [3.63, 3.8) is 0 Å². The van der Waals surface area contributed by atoms with Gasteiger partial charge >= 0.3 is 12.1 Å². The van der Waals surface area contributed by atoms with Gasteiger partial charge in [0.25, 0.3) is 0 Å². The number of benzene rings is 1. The molecule has 0 aromatic heterocycles. The Morgan fingerprint density at radius 2 is 2.03 bits per heavy atom. The zero-order chi connectivity index (χ0) is 21.7. The van der Waals surface area contributed by atoms with Gasteiger partial charge in [-0.15, -0.1) is 0 Å². The zero-order valence-corrected chi connectivity index (χ0v) is 17.5. The first-order valence-corrected chi connectivity index (χ1v) is 11.1. The van der Waals surface area contributed by atoms with E-state index in [1.54, 1.807) is 31.2 Å². The number of carbonyl (C=O) groups excluding carboxylic acids is 2. The van der Waals surface area contributed by atoms with E-state index in [1.807, 2.05) is 0 Å². The Hall–Kier alpha value is -2.57. The summed E-state index contributed by atoms with van der Waals surface area (Å²) in [6, 6.07) is 6.88. The third-order valence-electron chi connectivity index (χ3n) is 4.67. The first-order valence-electron chi connectivity index (χ1n) is 9.17. The number of carbonyl (C=O) groups is 2. The van der Waals surface area contributed by atoms with Crippen molar-refractivity contribution in [3.8, 4) is 11.8 Å². The fraction of sp³-hybridized carbons (Fsp3) is 0.500. The molecule has 0 aliphatic carbocycles. The summed E-state index contributed by atoms with van der Waals surface area (Å²) in [5.74, 6) is 4.85. The number of cyclic esters (lactones) is 1. The van der Waals surface area contributed by atoms with Crippen LogP contribution in [0.2, 0.25) is 0 Å². The lowest BCUT2D eigenvalue weighted by molar-refractivity contribution is -0.146. The van der Waals surface area contributed by atoms with Crippen molar-refractivity contribution in [3.05, 3.63) is 29.8 Å². The van der Waals surface area contributed by atoms with Gasteiger partial charge in [-0.1, -0.05) is 11.8 Å². The molecule has 8 nitrogen and oxygen atoms in total. The normalized spacial score (nSPS) is 18.4. The lowest BCUT2D eigenvalue weighted by Crippen LogP contribution is -2.47. The van der Waals surface area contributed by atoms with Gasteiger partial charge in [-0.3, -0.25) is 9.69 Å². The Bertz CT molecular complexity index is 914. The molecule has 0 bridgehead atoms. The summed E-state index contributed by atoms with van der Waals surface area (Å²) in [6.07, 6.45) is -0.252. The van der Waals surface area contributed by atoms with Crippen molar-refractivity contribution >= 4 is 27.6 Å². The second-order valence-corrected chi connectivity index (χ2v) is 9.31. The largest absolute Gasteiger partial charge is 0.465 e. The van der Waals surface area contributed by atoms with Crippen molar-refractivity contribution in [1.29, 1.82) is 0 Å². The summed E-state index contributed by atoms with van der Waals surface area (Å²) in [5, 5.41) is 8.75. The molecule has 0 unspecified atom stereocenters. The van der Waals surface area contributed by atoms with Gasteiger partial charge in [0.15, 0.2) is 14.6 Å². The molecule has 9 heteroatoms. The summed E-state index contributed by atoms with van der Waals surface area (Å²) >= 11 is 0. The van der Waals surface area contributed by atoms with Crippen molar-refractivity contribution in [2.75, 3.05) is 30.9 Å². The summed E-state index contributed by atoms with van der Waals surface area (Å²) in [7, 11) is -3.81. The average Bonchev–Trinajstić information content (AvgIpc) is 3.01. The molecule has 29 heavy (non-hydrogen) atoms. The van der Waals surface area contributed by atoms with Crippen LogP contribution in [0.5, 0.6) is 0 Å². The van der Waals surface area contributed by atoms with Gasteiger partial charge in [0.1, 0.15) is 6.10 Å². The number of sulfone groups is 1. The van der Waals surface area contributed by atoms with Gasteiger partial charge < -0.3 is 14.6 Å². The molecule has 1 amide bonds. The molecule has 1 aromatic carbocycles. The molecule has 1 saturated heterocycles. The van der Waals surface area contributed by atoms with Crippen molar-refractivity contribution in [2.24, 2.45) is 0 Å². The van der Waals surface area contributed by atoms with Gasteiger partial charge in [0.2, 0.25) is 0 Å². The van der Waals surface area contributed by atoms with E-state index in [1.165, 1.54) is 11.8 Å². The summed E-state index contributed by atoms with van der Waals surface area (Å²) < 4.78 is 32.9. The molecule has 1 aliphatic heterocycles. The number of anilines is 1. The molecule has 158 valence electrons. The van der Waals surface area contributed by atoms with E-state index in [0.717, 1.165) is 11.8 Å². The minimum atomic E-state index is -3.81. The number of hydrogen-bond donors (Lipinski definition) is 1. The molecule has 1 aliphatic rings. The van der Waals surface area contributed by atoms with Crippen molar-refractivity contribution in [1.82, 2.24) is 0 Å². The van der Waals surface area contributed by atoms with Gasteiger partial charge in [0.05, 0.1) is 19.8 Å². The molecule has 1 heterocycles. The van der Waals surface area contributed by atoms with E-state index < -0.39 is 32.8 Å². The van der Waals surface area contributed by atoms with Gasteiger partial charge in [-0.05, 0) is 38.1 Å². The Morgan fingerprint density at radius 1 is 1.38 bits per heavy atom. The molecular formula is C20H25NO7S. The highest BCUT2D eigenvalue weighted by molar-refractivity contribution is 7.92. The van der Waals surface area contributed by atoms with Crippen LogP contribution in [0.3, 0.4) is 0 Å². The number of rotatable bonds is 7. The maximum Gasteiger partial charge on any atom is 0.414 e. The summed E-state index contributed by atoms with van der Waals surface area (Å²) in [6.45, 7) is 3.03. The van der Waals surface area contributed by atoms with E-state index in [9.17, 15) is 18.0 Å². The van der Waals surface area contributed by atoms with Crippen LogP contribution in [0.4, 0.5) is 10.5 Å². The molecule has 1 N–H and O–H groups in total. The molecule has 0 saturated carbocycles. The lowest BCUT2D eigenvalue weighted by atomic mass is 10.0. The van der Waals surface area contributed by atoms with Crippen LogP contribution in [-0.2, 0) is 24.1 Å². The van der Waals surface area contributed by atoms with E-state index in [4.69, 9.17) is 14.6 Å². The quantitative estimate of drug-likeness (QED) is 0.523. The molecule has 0 spiro atoms. The summed E-state index contributed by atoms with van der Waals surface area (Å²) in [5.41, 5.74) is 1.31. The van der Waals surface area contributed by atoms with Crippen LogP contribution in [0, 0.1) is 11.8 Å². The first kappa shape index (κ1) is 22.7. The second-order valence-electron chi connectivity index (χ2n) is 6.87. The fourth-order valence-electron chi connectivity index (χ4n) is 2.89. The SMILES string of the molecule is CCOC(=O)[C@@](C)(C[C@H]1CN(c2ccc(C#CCCO)cc2)C(=O)O1)S(C)(=O)=O. The highest BCUT2D eigenvalue weighted by Gasteiger charge is 2.49. The second kappa shape index (κ2) is 9.29. The number of hydrogen-bond acceptors (Lipinski definition) is 7. The molecule has 2 rings (SSSR count). The highest BCUT2D eigenvalue weighted by Crippen LogP contribution is 2.30. The third kappa shape index (κ3) is 5.28.